The van der Waals surface area contributed by atoms with E-state index in [1.165, 1.54) is 6.07 Å². The topological polar surface area (TPSA) is 26.3 Å². The number of rotatable bonds is 3. The van der Waals surface area contributed by atoms with E-state index >= 15 is 0 Å². The van der Waals surface area contributed by atoms with Gasteiger partial charge in [-0.3, -0.25) is 4.79 Å². The van der Waals surface area contributed by atoms with Gasteiger partial charge in [0.25, 0.3) is 0 Å². The molecular weight excluding hydrogens is 293 g/mol. The number of fused-ring (bicyclic) bond motifs is 2. The van der Waals surface area contributed by atoms with Crippen molar-refractivity contribution in [2.24, 2.45) is 0 Å². The molecule has 0 aliphatic carbocycles. The molecule has 1 aliphatic heterocycles. The highest BCUT2D eigenvalue weighted by Gasteiger charge is 2.27. The molecule has 0 atom stereocenters. The molecule has 0 amide bonds. The third kappa shape index (κ3) is 2.17. The number of hydrogen-bond donors (Lipinski definition) is 0. The third-order valence-electron chi connectivity index (χ3n) is 3.75. The van der Waals surface area contributed by atoms with Crippen LogP contribution in [0.1, 0.15) is 40.4 Å². The van der Waals surface area contributed by atoms with Crippen LogP contribution < -0.4 is 4.74 Å². The fourth-order valence-corrected chi connectivity index (χ4v) is 2.67. The van der Waals surface area contributed by atoms with Crippen molar-refractivity contribution in [1.29, 1.82) is 0 Å². The summed E-state index contributed by atoms with van der Waals surface area (Å²) in [5.41, 5.74) is 1.10. The standard InChI is InChI=1S/C17H13F3O2/c1-2-3-9-6-12-7-10-4-5-11(8-21)14(19)16(10)22-17(12)15(20)13(9)18/h4-6,8H,2-3,7H2,1H3. The molecule has 2 aromatic rings. The molecule has 0 aromatic heterocycles. The number of carbonyl (C=O) groups excluding carboxylic acids is 1. The van der Waals surface area contributed by atoms with E-state index in [0.717, 1.165) is 0 Å². The van der Waals surface area contributed by atoms with Crippen molar-refractivity contribution in [3.05, 3.63) is 57.9 Å². The van der Waals surface area contributed by atoms with Gasteiger partial charge >= 0.3 is 0 Å². The maximum absolute atomic E-state index is 14.2. The summed E-state index contributed by atoms with van der Waals surface area (Å²) in [5.74, 6) is -3.43. The van der Waals surface area contributed by atoms with Crippen molar-refractivity contribution >= 4 is 6.29 Å². The molecule has 22 heavy (non-hydrogen) atoms. The molecule has 0 saturated carbocycles. The zero-order valence-electron chi connectivity index (χ0n) is 11.9. The summed E-state index contributed by atoms with van der Waals surface area (Å²) >= 11 is 0. The van der Waals surface area contributed by atoms with Crippen LogP contribution in [0.25, 0.3) is 0 Å². The number of aryl methyl sites for hydroxylation is 1. The van der Waals surface area contributed by atoms with Crippen molar-refractivity contribution in [3.8, 4) is 11.5 Å². The molecule has 3 rings (SSSR count). The first-order chi connectivity index (χ1) is 10.6. The number of ether oxygens (including phenoxy) is 1. The van der Waals surface area contributed by atoms with Gasteiger partial charge in [0.15, 0.2) is 29.4 Å². The van der Waals surface area contributed by atoms with Gasteiger partial charge in [0.1, 0.15) is 0 Å². The number of benzene rings is 2. The van der Waals surface area contributed by atoms with Gasteiger partial charge in [0.05, 0.1) is 5.56 Å². The molecule has 0 spiro atoms. The summed E-state index contributed by atoms with van der Waals surface area (Å²) in [6.45, 7) is 1.87. The maximum atomic E-state index is 14.2. The Bertz CT molecular complexity index is 769. The largest absolute Gasteiger partial charge is 0.450 e. The highest BCUT2D eigenvalue weighted by molar-refractivity contribution is 5.77. The Labute approximate surface area is 125 Å². The molecular formula is C17H13F3O2. The van der Waals surface area contributed by atoms with E-state index < -0.39 is 17.5 Å². The van der Waals surface area contributed by atoms with Crippen LogP contribution in [0, 0.1) is 17.5 Å². The highest BCUT2D eigenvalue weighted by atomic mass is 19.2. The minimum absolute atomic E-state index is 0.175. The highest BCUT2D eigenvalue weighted by Crippen LogP contribution is 2.41. The van der Waals surface area contributed by atoms with Crippen LogP contribution >= 0.6 is 0 Å². The molecule has 114 valence electrons. The first-order valence-corrected chi connectivity index (χ1v) is 7.01. The Hall–Kier alpha value is -2.30. The first-order valence-electron chi connectivity index (χ1n) is 7.01. The fraction of sp³-hybridized carbons (Fsp3) is 0.235. The summed E-state index contributed by atoms with van der Waals surface area (Å²) in [6.07, 6.45) is 1.69. The summed E-state index contributed by atoms with van der Waals surface area (Å²) in [5, 5.41) is 0. The summed E-state index contributed by atoms with van der Waals surface area (Å²) in [4.78, 5) is 10.8. The second-order valence-electron chi connectivity index (χ2n) is 5.26. The number of aldehydes is 1. The Balaban J connectivity index is 2.13. The predicted octanol–water partition coefficient (Wildman–Crippen LogP) is 4.57. The van der Waals surface area contributed by atoms with Crippen molar-refractivity contribution in [2.75, 3.05) is 0 Å². The van der Waals surface area contributed by atoms with Gasteiger partial charge in [-0.05, 0) is 24.1 Å². The van der Waals surface area contributed by atoms with Crippen LogP contribution in [-0.4, -0.2) is 6.29 Å². The van der Waals surface area contributed by atoms with Crippen molar-refractivity contribution in [3.63, 3.8) is 0 Å². The van der Waals surface area contributed by atoms with Crippen LogP contribution in [0.15, 0.2) is 18.2 Å². The smallest absolute Gasteiger partial charge is 0.201 e. The maximum Gasteiger partial charge on any atom is 0.201 e. The fourth-order valence-electron chi connectivity index (χ4n) is 2.67. The molecule has 0 saturated heterocycles. The van der Waals surface area contributed by atoms with Crippen molar-refractivity contribution in [2.45, 2.75) is 26.2 Å². The third-order valence-corrected chi connectivity index (χ3v) is 3.75. The molecule has 2 nitrogen and oxygen atoms in total. The number of hydrogen-bond acceptors (Lipinski definition) is 2. The van der Waals surface area contributed by atoms with E-state index in [2.05, 4.69) is 0 Å². The molecule has 1 heterocycles. The molecule has 0 fully saturated rings. The summed E-state index contributed by atoms with van der Waals surface area (Å²) in [6, 6.07) is 4.47. The van der Waals surface area contributed by atoms with Crippen LogP contribution in [0.3, 0.4) is 0 Å². The van der Waals surface area contributed by atoms with Gasteiger partial charge in [-0.15, -0.1) is 0 Å². The van der Waals surface area contributed by atoms with E-state index in [1.54, 1.807) is 12.1 Å². The molecule has 2 aromatic carbocycles. The van der Waals surface area contributed by atoms with Crippen LogP contribution in [0.2, 0.25) is 0 Å². The lowest BCUT2D eigenvalue weighted by molar-refractivity contribution is 0.111. The molecule has 0 N–H and O–H groups in total. The second-order valence-corrected chi connectivity index (χ2v) is 5.26. The van der Waals surface area contributed by atoms with Gasteiger partial charge in [-0.25, -0.2) is 8.78 Å². The normalized spacial score (nSPS) is 12.4. The lowest BCUT2D eigenvalue weighted by atomic mass is 9.95. The lowest BCUT2D eigenvalue weighted by Gasteiger charge is -2.22. The summed E-state index contributed by atoms with van der Waals surface area (Å²) < 4.78 is 47.5. The SMILES string of the molecule is CCCc1cc2c(c(F)c1F)Oc1c(ccc(C=O)c1F)C2. The lowest BCUT2D eigenvalue weighted by Crippen LogP contribution is -2.10. The van der Waals surface area contributed by atoms with Gasteiger partial charge in [0.2, 0.25) is 5.82 Å². The minimum atomic E-state index is -1.11. The van der Waals surface area contributed by atoms with E-state index in [4.69, 9.17) is 4.74 Å². The minimum Gasteiger partial charge on any atom is -0.450 e. The molecule has 1 aliphatic rings. The van der Waals surface area contributed by atoms with Gasteiger partial charge in [-0.1, -0.05) is 19.4 Å². The van der Waals surface area contributed by atoms with Crippen molar-refractivity contribution in [1.82, 2.24) is 0 Å². The molecule has 0 unspecified atom stereocenters. The Kier molecular flexibility index (Phi) is 3.64. The van der Waals surface area contributed by atoms with E-state index in [9.17, 15) is 18.0 Å². The molecule has 5 heteroatoms. The number of halogens is 3. The quantitative estimate of drug-likeness (QED) is 0.663. The molecule has 0 bridgehead atoms. The van der Waals surface area contributed by atoms with Gasteiger partial charge in [0, 0.05) is 17.5 Å². The first kappa shape index (κ1) is 14.6. The summed E-state index contributed by atoms with van der Waals surface area (Å²) in [7, 11) is 0. The second kappa shape index (κ2) is 5.48. The monoisotopic (exact) mass is 306 g/mol. The van der Waals surface area contributed by atoms with Crippen LogP contribution in [-0.2, 0) is 12.8 Å². The Morgan fingerprint density at radius 1 is 1.09 bits per heavy atom. The van der Waals surface area contributed by atoms with E-state index in [0.29, 0.717) is 30.3 Å². The average molecular weight is 306 g/mol. The van der Waals surface area contributed by atoms with Crippen LogP contribution in [0.5, 0.6) is 11.5 Å². The number of carbonyl (C=O) groups is 1. The Morgan fingerprint density at radius 3 is 2.50 bits per heavy atom. The molecule has 0 radical (unpaired) electrons. The van der Waals surface area contributed by atoms with Crippen LogP contribution in [0.4, 0.5) is 13.2 Å². The van der Waals surface area contributed by atoms with Gasteiger partial charge in [-0.2, -0.15) is 4.39 Å². The average Bonchev–Trinajstić information content (AvgIpc) is 2.52. The van der Waals surface area contributed by atoms with Gasteiger partial charge < -0.3 is 4.74 Å². The van der Waals surface area contributed by atoms with Crippen molar-refractivity contribution < 1.29 is 22.7 Å². The zero-order chi connectivity index (χ0) is 15.9. The predicted molar refractivity (Wildman–Crippen MR) is 75.0 cm³/mol. The zero-order valence-corrected chi connectivity index (χ0v) is 11.9. The Morgan fingerprint density at radius 2 is 1.82 bits per heavy atom. The van der Waals surface area contributed by atoms with E-state index in [1.807, 2.05) is 6.92 Å². The van der Waals surface area contributed by atoms with E-state index in [-0.39, 0.29) is 29.0 Å².